The van der Waals surface area contributed by atoms with E-state index in [0.29, 0.717) is 54.4 Å². The first-order valence-electron chi connectivity index (χ1n) is 10.3. The Morgan fingerprint density at radius 2 is 1.75 bits per heavy atom. The molecule has 6 heteroatoms. The third-order valence-electron chi connectivity index (χ3n) is 5.34. The highest BCUT2D eigenvalue weighted by molar-refractivity contribution is 5.95. The Morgan fingerprint density at radius 1 is 0.969 bits per heavy atom. The first kappa shape index (κ1) is 21.0. The lowest BCUT2D eigenvalue weighted by Crippen LogP contribution is -2.49. The number of rotatable bonds is 3. The Balaban J connectivity index is 1.49. The molecule has 158 valence electrons. The number of carbonyl (C=O) groups is 1. The van der Waals surface area contributed by atoms with E-state index >= 15 is 0 Å². The summed E-state index contributed by atoms with van der Waals surface area (Å²) < 4.78 is 5.43. The van der Waals surface area contributed by atoms with Crippen LogP contribution in [0.5, 0.6) is 5.75 Å². The van der Waals surface area contributed by atoms with Crippen molar-refractivity contribution in [3.05, 3.63) is 89.1 Å². The van der Waals surface area contributed by atoms with Crippen LogP contribution in [0.4, 0.5) is 5.82 Å². The number of piperazine rings is 1. The molecule has 4 rings (SSSR count). The second-order valence-corrected chi connectivity index (χ2v) is 7.30. The number of anilines is 1. The van der Waals surface area contributed by atoms with Crippen molar-refractivity contribution in [1.29, 1.82) is 5.26 Å². The number of nitrogens with zero attached hydrogens (tertiary/aromatic N) is 4. The Kier molecular flexibility index (Phi) is 6.34. The number of aromatic nitrogens is 1. The summed E-state index contributed by atoms with van der Waals surface area (Å²) >= 11 is 0. The summed E-state index contributed by atoms with van der Waals surface area (Å²) in [5, 5.41) is 9.32. The van der Waals surface area contributed by atoms with Crippen molar-refractivity contribution in [2.75, 3.05) is 38.2 Å². The van der Waals surface area contributed by atoms with Crippen molar-refractivity contribution in [2.24, 2.45) is 0 Å². The van der Waals surface area contributed by atoms with Crippen LogP contribution in [-0.4, -0.2) is 49.1 Å². The van der Waals surface area contributed by atoms with Crippen LogP contribution in [0, 0.1) is 23.2 Å². The van der Waals surface area contributed by atoms with E-state index in [-0.39, 0.29) is 5.91 Å². The molecule has 1 saturated heterocycles. The van der Waals surface area contributed by atoms with Gasteiger partial charge in [0.2, 0.25) is 0 Å². The van der Waals surface area contributed by atoms with Crippen LogP contribution in [0.15, 0.2) is 66.9 Å². The number of nitriles is 1. The van der Waals surface area contributed by atoms with Crippen LogP contribution in [0.2, 0.25) is 0 Å². The smallest absolute Gasteiger partial charge is 0.254 e. The highest BCUT2D eigenvalue weighted by atomic mass is 16.5. The number of benzene rings is 2. The van der Waals surface area contributed by atoms with Gasteiger partial charge in [0.25, 0.3) is 5.91 Å². The number of pyridine rings is 1. The molecule has 0 N–H and O–H groups in total. The summed E-state index contributed by atoms with van der Waals surface area (Å²) in [6.45, 7) is 2.34. The fourth-order valence-corrected chi connectivity index (χ4v) is 3.64. The predicted octanol–water partition coefficient (Wildman–Crippen LogP) is 3.32. The quantitative estimate of drug-likeness (QED) is 0.606. The zero-order chi connectivity index (χ0) is 22.3. The van der Waals surface area contributed by atoms with Crippen molar-refractivity contribution in [1.82, 2.24) is 9.88 Å². The van der Waals surface area contributed by atoms with Gasteiger partial charge < -0.3 is 14.5 Å². The van der Waals surface area contributed by atoms with E-state index in [4.69, 9.17) is 4.74 Å². The van der Waals surface area contributed by atoms with E-state index in [1.807, 2.05) is 40.1 Å². The maximum absolute atomic E-state index is 13.1. The van der Waals surface area contributed by atoms with Crippen molar-refractivity contribution in [3.8, 4) is 23.7 Å². The normalized spacial score (nSPS) is 13.0. The van der Waals surface area contributed by atoms with Gasteiger partial charge in [0, 0.05) is 43.5 Å². The molecular weight excluding hydrogens is 400 g/mol. The molecule has 1 aliphatic heterocycles. The van der Waals surface area contributed by atoms with Crippen LogP contribution in [0.1, 0.15) is 27.0 Å². The number of amides is 1. The van der Waals surface area contributed by atoms with E-state index in [1.165, 1.54) is 0 Å². The molecule has 1 aliphatic rings. The third kappa shape index (κ3) is 4.55. The van der Waals surface area contributed by atoms with Gasteiger partial charge in [-0.05, 0) is 42.5 Å². The molecule has 1 aromatic heterocycles. The molecule has 0 bridgehead atoms. The molecule has 1 amide bonds. The van der Waals surface area contributed by atoms with E-state index < -0.39 is 0 Å². The summed E-state index contributed by atoms with van der Waals surface area (Å²) in [5.74, 6) is 7.51. The average Bonchev–Trinajstić information content (AvgIpc) is 2.87. The molecule has 2 heterocycles. The lowest BCUT2D eigenvalue weighted by Gasteiger charge is -2.35. The molecular formula is C26H22N4O2. The highest BCUT2D eigenvalue weighted by Gasteiger charge is 2.24. The molecule has 3 aromatic rings. The van der Waals surface area contributed by atoms with Gasteiger partial charge in [-0.15, -0.1) is 0 Å². The summed E-state index contributed by atoms with van der Waals surface area (Å²) in [4.78, 5) is 21.4. The minimum absolute atomic E-state index is 0.0448. The molecule has 32 heavy (non-hydrogen) atoms. The zero-order valence-electron chi connectivity index (χ0n) is 17.8. The Morgan fingerprint density at radius 3 is 2.47 bits per heavy atom. The topological polar surface area (TPSA) is 69.5 Å². The van der Waals surface area contributed by atoms with Crippen molar-refractivity contribution in [3.63, 3.8) is 0 Å². The summed E-state index contributed by atoms with van der Waals surface area (Å²) in [7, 11) is 1.59. The molecule has 0 radical (unpaired) electrons. The molecule has 0 atom stereocenters. The highest BCUT2D eigenvalue weighted by Crippen LogP contribution is 2.22. The minimum Gasteiger partial charge on any atom is -0.495 e. The fourth-order valence-electron chi connectivity index (χ4n) is 3.64. The molecule has 0 unspecified atom stereocenters. The van der Waals surface area contributed by atoms with Crippen LogP contribution in [0.25, 0.3) is 0 Å². The fraction of sp³-hybridized carbons (Fsp3) is 0.192. The average molecular weight is 422 g/mol. The number of hydrogen-bond donors (Lipinski definition) is 0. The molecule has 0 aliphatic carbocycles. The molecule has 1 fully saturated rings. The van der Waals surface area contributed by atoms with Crippen molar-refractivity contribution >= 4 is 11.7 Å². The monoisotopic (exact) mass is 422 g/mol. The summed E-state index contributed by atoms with van der Waals surface area (Å²) in [6, 6.07) is 20.7. The summed E-state index contributed by atoms with van der Waals surface area (Å²) in [5.41, 5.74) is 2.69. The lowest BCUT2D eigenvalue weighted by atomic mass is 10.1. The number of methoxy groups -OCH3 is 1. The van der Waals surface area contributed by atoms with Crippen molar-refractivity contribution in [2.45, 2.75) is 0 Å². The molecule has 0 saturated carbocycles. The standard InChI is InChI=1S/C26H22N4O2/c1-32-24-12-11-22(18-21(24)10-9-20-6-3-2-4-7-20)26(31)30-16-14-29(15-17-30)25-23(19-27)8-5-13-28-25/h2-8,11-13,18H,14-17H2,1H3. The van der Waals surface area contributed by atoms with Gasteiger partial charge in [0.05, 0.1) is 18.2 Å². The van der Waals surface area contributed by atoms with Crippen LogP contribution < -0.4 is 9.64 Å². The van der Waals surface area contributed by atoms with E-state index in [0.717, 1.165) is 5.56 Å². The molecule has 2 aromatic carbocycles. The van der Waals surface area contributed by atoms with Gasteiger partial charge in [0.15, 0.2) is 0 Å². The number of hydrogen-bond acceptors (Lipinski definition) is 5. The summed E-state index contributed by atoms with van der Waals surface area (Å²) in [6.07, 6.45) is 1.68. The largest absolute Gasteiger partial charge is 0.495 e. The molecule has 6 nitrogen and oxygen atoms in total. The van der Waals surface area contributed by atoms with Crippen LogP contribution >= 0.6 is 0 Å². The number of ether oxygens (including phenoxy) is 1. The number of carbonyl (C=O) groups excluding carboxylic acids is 1. The van der Waals surface area contributed by atoms with Crippen molar-refractivity contribution < 1.29 is 9.53 Å². The first-order valence-corrected chi connectivity index (χ1v) is 10.3. The third-order valence-corrected chi connectivity index (χ3v) is 5.34. The predicted molar refractivity (Wildman–Crippen MR) is 122 cm³/mol. The maximum Gasteiger partial charge on any atom is 0.254 e. The van der Waals surface area contributed by atoms with Gasteiger partial charge in [-0.25, -0.2) is 4.98 Å². The van der Waals surface area contributed by atoms with Crippen LogP contribution in [-0.2, 0) is 0 Å². The Bertz CT molecular complexity index is 1210. The Hall–Kier alpha value is -4.29. The van der Waals surface area contributed by atoms with E-state index in [2.05, 4.69) is 22.9 Å². The van der Waals surface area contributed by atoms with E-state index in [9.17, 15) is 10.1 Å². The Labute approximate surface area is 187 Å². The van der Waals surface area contributed by atoms with Gasteiger partial charge >= 0.3 is 0 Å². The first-order chi connectivity index (χ1) is 15.7. The minimum atomic E-state index is -0.0448. The SMILES string of the molecule is COc1ccc(C(=O)N2CCN(c3ncccc3C#N)CC2)cc1C#Cc1ccccc1. The second-order valence-electron chi connectivity index (χ2n) is 7.30. The molecule has 0 spiro atoms. The van der Waals surface area contributed by atoms with Gasteiger partial charge in [-0.1, -0.05) is 30.0 Å². The van der Waals surface area contributed by atoms with E-state index in [1.54, 1.807) is 43.6 Å². The van der Waals surface area contributed by atoms with Gasteiger partial charge in [0.1, 0.15) is 17.6 Å². The maximum atomic E-state index is 13.1. The van der Waals surface area contributed by atoms with Gasteiger partial charge in [-0.2, -0.15) is 5.26 Å². The lowest BCUT2D eigenvalue weighted by molar-refractivity contribution is 0.0746. The second kappa shape index (κ2) is 9.68. The zero-order valence-corrected chi connectivity index (χ0v) is 17.8. The van der Waals surface area contributed by atoms with Gasteiger partial charge in [-0.3, -0.25) is 4.79 Å². The van der Waals surface area contributed by atoms with Crippen LogP contribution in [0.3, 0.4) is 0 Å².